The van der Waals surface area contributed by atoms with Gasteiger partial charge >= 0.3 is 0 Å². The molecule has 1 heterocycles. The Morgan fingerprint density at radius 2 is 1.50 bits per heavy atom. The first-order chi connectivity index (χ1) is 11.7. The molecule has 0 aliphatic carbocycles. The number of carbonyl (C=O) groups is 1. The van der Waals surface area contributed by atoms with Crippen molar-refractivity contribution in [3.05, 3.63) is 90.0 Å². The molecule has 0 fully saturated rings. The average molecular weight is 316 g/mol. The van der Waals surface area contributed by atoms with Crippen LogP contribution < -0.4 is 10.2 Å². The van der Waals surface area contributed by atoms with Gasteiger partial charge in [0.05, 0.1) is 5.56 Å². The van der Waals surface area contributed by atoms with Gasteiger partial charge in [0, 0.05) is 11.4 Å². The summed E-state index contributed by atoms with van der Waals surface area (Å²) in [5.41, 5.74) is 3.19. The third-order valence-corrected chi connectivity index (χ3v) is 4.17. The number of nitrogens with zero attached hydrogens (tertiary/aromatic N) is 1. The second-order valence-corrected chi connectivity index (χ2v) is 5.69. The minimum atomic E-state index is -0.307. The van der Waals surface area contributed by atoms with Gasteiger partial charge in [-0.3, -0.25) is 9.69 Å². The standard InChI is InChI=1S/C20H16N2O2/c23-16-12-10-15(11-13-16)22-19(14-6-2-1-3-7-14)21-18-9-5-4-8-17(18)20(22)24/h1-13,19,21,23H/t19-/m1/s1. The van der Waals surface area contributed by atoms with Gasteiger partial charge in [-0.2, -0.15) is 0 Å². The topological polar surface area (TPSA) is 52.6 Å². The van der Waals surface area contributed by atoms with E-state index in [1.54, 1.807) is 29.2 Å². The zero-order valence-corrected chi connectivity index (χ0v) is 12.9. The summed E-state index contributed by atoms with van der Waals surface area (Å²) in [6.45, 7) is 0. The maximum atomic E-state index is 13.1. The first kappa shape index (κ1) is 14.3. The number of fused-ring (bicyclic) bond motifs is 1. The Balaban J connectivity index is 1.86. The Morgan fingerprint density at radius 3 is 2.25 bits per heavy atom. The number of amides is 1. The first-order valence-corrected chi connectivity index (χ1v) is 7.77. The van der Waals surface area contributed by atoms with Gasteiger partial charge in [0.1, 0.15) is 11.9 Å². The van der Waals surface area contributed by atoms with Gasteiger partial charge in [-0.15, -0.1) is 0 Å². The van der Waals surface area contributed by atoms with Crippen LogP contribution in [0, 0.1) is 0 Å². The number of phenols is 1. The van der Waals surface area contributed by atoms with Crippen LogP contribution in [0.15, 0.2) is 78.9 Å². The molecule has 4 rings (SSSR count). The van der Waals surface area contributed by atoms with E-state index in [9.17, 15) is 9.90 Å². The van der Waals surface area contributed by atoms with Crippen LogP contribution in [0.1, 0.15) is 22.1 Å². The summed E-state index contributed by atoms with van der Waals surface area (Å²) < 4.78 is 0. The molecular weight excluding hydrogens is 300 g/mol. The van der Waals surface area contributed by atoms with Crippen LogP contribution >= 0.6 is 0 Å². The van der Waals surface area contributed by atoms with E-state index in [1.807, 2.05) is 54.6 Å². The van der Waals surface area contributed by atoms with Crippen molar-refractivity contribution in [2.75, 3.05) is 10.2 Å². The third-order valence-electron chi connectivity index (χ3n) is 4.17. The van der Waals surface area contributed by atoms with E-state index in [0.717, 1.165) is 16.9 Å². The van der Waals surface area contributed by atoms with Gasteiger partial charge in [-0.1, -0.05) is 42.5 Å². The van der Waals surface area contributed by atoms with E-state index in [0.29, 0.717) is 5.56 Å². The maximum absolute atomic E-state index is 13.1. The highest BCUT2D eigenvalue weighted by molar-refractivity contribution is 6.12. The van der Waals surface area contributed by atoms with E-state index in [4.69, 9.17) is 0 Å². The predicted molar refractivity (Wildman–Crippen MR) is 94.2 cm³/mol. The molecule has 0 spiro atoms. The fourth-order valence-corrected chi connectivity index (χ4v) is 3.00. The van der Waals surface area contributed by atoms with Crippen molar-refractivity contribution in [2.45, 2.75) is 6.17 Å². The number of para-hydroxylation sites is 1. The number of hydrogen-bond donors (Lipinski definition) is 2. The monoisotopic (exact) mass is 316 g/mol. The number of carbonyl (C=O) groups excluding carboxylic acids is 1. The van der Waals surface area contributed by atoms with Gasteiger partial charge in [0.25, 0.3) is 5.91 Å². The molecule has 118 valence electrons. The minimum Gasteiger partial charge on any atom is -0.508 e. The zero-order valence-electron chi connectivity index (χ0n) is 12.9. The summed E-state index contributed by atoms with van der Waals surface area (Å²) in [7, 11) is 0. The van der Waals surface area contributed by atoms with Crippen molar-refractivity contribution in [3.8, 4) is 5.75 Å². The van der Waals surface area contributed by atoms with Crippen molar-refractivity contribution in [2.24, 2.45) is 0 Å². The SMILES string of the molecule is O=C1c2ccccc2N[C@@H](c2ccccc2)N1c1ccc(O)cc1. The van der Waals surface area contributed by atoms with Crippen LogP contribution in [0.5, 0.6) is 5.75 Å². The minimum absolute atomic E-state index is 0.0658. The van der Waals surface area contributed by atoms with E-state index < -0.39 is 0 Å². The van der Waals surface area contributed by atoms with Crippen LogP contribution in [0.3, 0.4) is 0 Å². The molecule has 0 bridgehead atoms. The fourth-order valence-electron chi connectivity index (χ4n) is 3.00. The second kappa shape index (κ2) is 5.74. The highest BCUT2D eigenvalue weighted by atomic mass is 16.3. The second-order valence-electron chi connectivity index (χ2n) is 5.69. The summed E-state index contributed by atoms with van der Waals surface area (Å²) in [6.07, 6.45) is -0.307. The van der Waals surface area contributed by atoms with Gasteiger partial charge in [0.15, 0.2) is 0 Å². The summed E-state index contributed by atoms with van der Waals surface area (Å²) in [5.74, 6) is 0.108. The molecule has 0 saturated heterocycles. The Hall–Kier alpha value is -3.27. The molecule has 1 aliphatic heterocycles. The first-order valence-electron chi connectivity index (χ1n) is 7.77. The smallest absolute Gasteiger partial charge is 0.262 e. The van der Waals surface area contributed by atoms with Crippen molar-refractivity contribution in [1.82, 2.24) is 0 Å². The van der Waals surface area contributed by atoms with Crippen LogP contribution in [-0.4, -0.2) is 11.0 Å². The molecule has 4 nitrogen and oxygen atoms in total. The Labute approximate surface area is 140 Å². The normalized spacial score (nSPS) is 16.4. The molecular formula is C20H16N2O2. The molecule has 3 aromatic carbocycles. The molecule has 2 N–H and O–H groups in total. The largest absolute Gasteiger partial charge is 0.508 e. The summed E-state index contributed by atoms with van der Waals surface area (Å²) in [6, 6.07) is 24.0. The Kier molecular flexibility index (Phi) is 3.43. The number of nitrogens with one attached hydrogen (secondary N) is 1. The average Bonchev–Trinajstić information content (AvgIpc) is 2.63. The van der Waals surface area contributed by atoms with Gasteiger partial charge in [-0.05, 0) is 42.0 Å². The number of hydrogen-bond acceptors (Lipinski definition) is 3. The summed E-state index contributed by atoms with van der Waals surface area (Å²) in [4.78, 5) is 14.8. The van der Waals surface area contributed by atoms with E-state index in [-0.39, 0.29) is 17.8 Å². The molecule has 0 aromatic heterocycles. The molecule has 0 unspecified atom stereocenters. The summed E-state index contributed by atoms with van der Waals surface area (Å²) >= 11 is 0. The van der Waals surface area contributed by atoms with Crippen LogP contribution in [0.4, 0.5) is 11.4 Å². The third kappa shape index (κ3) is 2.38. The van der Waals surface area contributed by atoms with Crippen LogP contribution in [0.2, 0.25) is 0 Å². The number of rotatable bonds is 2. The highest BCUT2D eigenvalue weighted by Gasteiger charge is 2.33. The lowest BCUT2D eigenvalue weighted by Gasteiger charge is -2.38. The van der Waals surface area contributed by atoms with Crippen molar-refractivity contribution < 1.29 is 9.90 Å². The van der Waals surface area contributed by atoms with Crippen LogP contribution in [0.25, 0.3) is 0 Å². The highest BCUT2D eigenvalue weighted by Crippen LogP contribution is 2.36. The van der Waals surface area contributed by atoms with Gasteiger partial charge in [-0.25, -0.2) is 0 Å². The van der Waals surface area contributed by atoms with Crippen molar-refractivity contribution >= 4 is 17.3 Å². The summed E-state index contributed by atoms with van der Waals surface area (Å²) in [5, 5.41) is 13.0. The lowest BCUT2D eigenvalue weighted by atomic mass is 10.0. The predicted octanol–water partition coefficient (Wildman–Crippen LogP) is 4.16. The van der Waals surface area contributed by atoms with Gasteiger partial charge < -0.3 is 10.4 Å². The molecule has 4 heteroatoms. The molecule has 1 amide bonds. The van der Waals surface area contributed by atoms with E-state index in [2.05, 4.69) is 5.32 Å². The Morgan fingerprint density at radius 1 is 0.833 bits per heavy atom. The molecule has 1 aliphatic rings. The fraction of sp³-hybridized carbons (Fsp3) is 0.0500. The van der Waals surface area contributed by atoms with Crippen molar-refractivity contribution in [3.63, 3.8) is 0 Å². The molecule has 0 saturated carbocycles. The molecule has 24 heavy (non-hydrogen) atoms. The lowest BCUT2D eigenvalue weighted by Crippen LogP contribution is -2.43. The van der Waals surface area contributed by atoms with E-state index in [1.165, 1.54) is 0 Å². The maximum Gasteiger partial charge on any atom is 0.262 e. The molecule has 3 aromatic rings. The molecule has 1 atom stereocenters. The lowest BCUT2D eigenvalue weighted by molar-refractivity contribution is 0.0975. The van der Waals surface area contributed by atoms with E-state index >= 15 is 0 Å². The quantitative estimate of drug-likeness (QED) is 0.746. The van der Waals surface area contributed by atoms with Gasteiger partial charge in [0.2, 0.25) is 0 Å². The number of benzene rings is 3. The zero-order chi connectivity index (χ0) is 16.5. The Bertz CT molecular complexity index is 876. The molecule has 0 radical (unpaired) electrons. The van der Waals surface area contributed by atoms with Crippen molar-refractivity contribution in [1.29, 1.82) is 0 Å². The van der Waals surface area contributed by atoms with Crippen LogP contribution in [-0.2, 0) is 0 Å². The number of anilines is 2. The number of aromatic hydroxyl groups is 1. The number of phenolic OH excluding ortho intramolecular Hbond substituents is 1.